The number of anilines is 3. The number of aromatic nitrogens is 4. The number of nitrogens with zero attached hydrogens (tertiary/aromatic N) is 5. The molecule has 0 spiro atoms. The highest BCUT2D eigenvalue weighted by atomic mass is 16.5. The van der Waals surface area contributed by atoms with Crippen molar-refractivity contribution in [1.82, 2.24) is 19.6 Å². The molecule has 0 unspecified atom stereocenters. The Morgan fingerprint density at radius 3 is 2.97 bits per heavy atom. The van der Waals surface area contributed by atoms with E-state index in [4.69, 9.17) is 10.5 Å². The number of hydrogen-bond acceptors (Lipinski definition) is 8. The summed E-state index contributed by atoms with van der Waals surface area (Å²) in [4.78, 5) is 22.5. The highest BCUT2D eigenvalue weighted by Gasteiger charge is 2.31. The predicted octanol–water partition coefficient (Wildman–Crippen LogP) is 1.32. The van der Waals surface area contributed by atoms with Crippen molar-refractivity contribution >= 4 is 28.9 Å². The molecule has 2 atom stereocenters. The molecule has 1 amide bonds. The smallest absolute Gasteiger partial charge is 0.254 e. The van der Waals surface area contributed by atoms with Crippen LogP contribution in [-0.2, 0) is 0 Å². The number of nitrogens with one attached hydrogen (secondary N) is 1. The van der Waals surface area contributed by atoms with E-state index in [-0.39, 0.29) is 11.6 Å². The molecule has 0 aromatic carbocycles. The Morgan fingerprint density at radius 1 is 1.45 bits per heavy atom. The highest BCUT2D eigenvalue weighted by Crippen LogP contribution is 2.31. The summed E-state index contributed by atoms with van der Waals surface area (Å²) in [6.07, 6.45) is 5.18. The first-order valence-corrected chi connectivity index (χ1v) is 9.35. The number of hydrogen-bond donors (Lipinski definition) is 3. The van der Waals surface area contributed by atoms with Crippen LogP contribution >= 0.6 is 0 Å². The standard InChI is InChI=1S/C19H23N7O3/c1-25(13-6-3-7-14(13)27)16-9-15(23-12-5-4-8-21-19(12)29-2)24-18-11(17(20)28)10-22-26(16)18/h4-5,8-10,13-14,27H,3,6-7H2,1-2H3,(H2,20,28)(H,23,24)/t13-,14-/m1/s1. The molecule has 10 heteroatoms. The van der Waals surface area contributed by atoms with Crippen LogP contribution in [-0.4, -0.2) is 56.9 Å². The molecule has 10 nitrogen and oxygen atoms in total. The summed E-state index contributed by atoms with van der Waals surface area (Å²) in [5.74, 6) is 0.956. The fourth-order valence-corrected chi connectivity index (χ4v) is 3.77. The van der Waals surface area contributed by atoms with E-state index in [0.29, 0.717) is 28.9 Å². The second-order valence-electron chi connectivity index (χ2n) is 7.02. The van der Waals surface area contributed by atoms with Gasteiger partial charge in [-0.25, -0.2) is 9.97 Å². The molecule has 1 fully saturated rings. The first-order valence-electron chi connectivity index (χ1n) is 9.35. The van der Waals surface area contributed by atoms with Crippen molar-refractivity contribution in [3.8, 4) is 5.88 Å². The third kappa shape index (κ3) is 3.42. The number of rotatable bonds is 6. The maximum atomic E-state index is 11.9. The summed E-state index contributed by atoms with van der Waals surface area (Å²) in [6, 6.07) is 5.34. The fraction of sp³-hybridized carbons (Fsp3) is 0.368. The number of fused-ring (bicyclic) bond motifs is 1. The van der Waals surface area contributed by atoms with Crippen molar-refractivity contribution in [2.24, 2.45) is 5.73 Å². The lowest BCUT2D eigenvalue weighted by molar-refractivity contribution is 0.100. The van der Waals surface area contributed by atoms with Gasteiger partial charge in [0, 0.05) is 19.3 Å². The molecule has 0 aliphatic heterocycles. The molecule has 0 bridgehead atoms. The monoisotopic (exact) mass is 397 g/mol. The molecule has 3 heterocycles. The zero-order chi connectivity index (χ0) is 20.5. The van der Waals surface area contributed by atoms with Gasteiger partial charge in [0.15, 0.2) is 5.65 Å². The summed E-state index contributed by atoms with van der Waals surface area (Å²) < 4.78 is 6.85. The molecule has 29 heavy (non-hydrogen) atoms. The molecule has 3 aromatic heterocycles. The van der Waals surface area contributed by atoms with Crippen molar-refractivity contribution in [3.63, 3.8) is 0 Å². The largest absolute Gasteiger partial charge is 0.480 e. The number of nitrogens with two attached hydrogens (primary N) is 1. The Hall–Kier alpha value is -3.40. The number of amides is 1. The molecule has 152 valence electrons. The Kier molecular flexibility index (Phi) is 4.93. The van der Waals surface area contributed by atoms with Crippen molar-refractivity contribution in [2.75, 3.05) is 24.4 Å². The number of aliphatic hydroxyl groups excluding tert-OH is 1. The van der Waals surface area contributed by atoms with Gasteiger partial charge < -0.3 is 25.8 Å². The summed E-state index contributed by atoms with van der Waals surface area (Å²) in [7, 11) is 3.43. The average Bonchev–Trinajstić information content (AvgIpc) is 3.33. The van der Waals surface area contributed by atoms with Gasteiger partial charge in [0.2, 0.25) is 5.88 Å². The van der Waals surface area contributed by atoms with Crippen LogP contribution in [0.4, 0.5) is 17.3 Å². The lowest BCUT2D eigenvalue weighted by Gasteiger charge is -2.29. The van der Waals surface area contributed by atoms with Gasteiger partial charge in [0.25, 0.3) is 5.91 Å². The van der Waals surface area contributed by atoms with E-state index in [1.807, 2.05) is 24.1 Å². The quantitative estimate of drug-likeness (QED) is 0.568. The molecule has 1 saturated carbocycles. The van der Waals surface area contributed by atoms with Crippen molar-refractivity contribution in [2.45, 2.75) is 31.4 Å². The Labute approximate surface area is 167 Å². The minimum absolute atomic E-state index is 0.0531. The third-order valence-corrected chi connectivity index (χ3v) is 5.25. The summed E-state index contributed by atoms with van der Waals surface area (Å²) in [6.45, 7) is 0. The maximum Gasteiger partial charge on any atom is 0.254 e. The summed E-state index contributed by atoms with van der Waals surface area (Å²) >= 11 is 0. The first-order chi connectivity index (χ1) is 14.0. The van der Waals surface area contributed by atoms with E-state index >= 15 is 0 Å². The van der Waals surface area contributed by atoms with Gasteiger partial charge in [-0.3, -0.25) is 4.79 Å². The van der Waals surface area contributed by atoms with Crippen LogP contribution < -0.4 is 20.7 Å². The maximum absolute atomic E-state index is 11.9. The molecular weight excluding hydrogens is 374 g/mol. The summed E-state index contributed by atoms with van der Waals surface area (Å²) in [5, 5.41) is 17.8. The van der Waals surface area contributed by atoms with E-state index in [0.717, 1.165) is 19.3 Å². The normalized spacial score (nSPS) is 18.7. The second kappa shape index (κ2) is 7.55. The van der Waals surface area contributed by atoms with E-state index in [1.165, 1.54) is 13.3 Å². The van der Waals surface area contributed by atoms with Gasteiger partial charge in [-0.2, -0.15) is 9.61 Å². The lowest BCUT2D eigenvalue weighted by atomic mass is 10.2. The number of methoxy groups -OCH3 is 1. The summed E-state index contributed by atoms with van der Waals surface area (Å²) in [5.41, 5.74) is 6.68. The van der Waals surface area contributed by atoms with E-state index < -0.39 is 12.0 Å². The van der Waals surface area contributed by atoms with Crippen LogP contribution in [0.3, 0.4) is 0 Å². The van der Waals surface area contributed by atoms with Crippen LogP contribution in [0.15, 0.2) is 30.6 Å². The van der Waals surface area contributed by atoms with Gasteiger partial charge in [0.05, 0.1) is 25.5 Å². The number of aliphatic hydroxyl groups is 1. The molecular formula is C19H23N7O3. The second-order valence-corrected chi connectivity index (χ2v) is 7.02. The average molecular weight is 397 g/mol. The molecule has 4 rings (SSSR count). The predicted molar refractivity (Wildman–Crippen MR) is 108 cm³/mol. The van der Waals surface area contributed by atoms with Crippen LogP contribution in [0.2, 0.25) is 0 Å². The Morgan fingerprint density at radius 2 is 2.28 bits per heavy atom. The van der Waals surface area contributed by atoms with Crippen LogP contribution in [0.5, 0.6) is 5.88 Å². The number of carbonyl (C=O) groups excluding carboxylic acids is 1. The van der Waals surface area contributed by atoms with E-state index in [9.17, 15) is 9.90 Å². The number of likely N-dealkylation sites (N-methyl/N-ethyl adjacent to an activating group) is 1. The Bertz CT molecular complexity index is 1050. The van der Waals surface area contributed by atoms with Gasteiger partial charge in [-0.15, -0.1) is 0 Å². The van der Waals surface area contributed by atoms with Crippen LogP contribution in [0.25, 0.3) is 5.65 Å². The molecule has 3 aromatic rings. The highest BCUT2D eigenvalue weighted by molar-refractivity contribution is 5.99. The van der Waals surface area contributed by atoms with Crippen LogP contribution in [0.1, 0.15) is 29.6 Å². The minimum atomic E-state index is -0.613. The van der Waals surface area contributed by atoms with Gasteiger partial charge in [0.1, 0.15) is 22.9 Å². The topological polar surface area (TPSA) is 131 Å². The Balaban J connectivity index is 1.82. The van der Waals surface area contributed by atoms with Crippen molar-refractivity contribution in [3.05, 3.63) is 36.2 Å². The number of carbonyl (C=O) groups is 1. The van der Waals surface area contributed by atoms with Crippen LogP contribution in [0, 0.1) is 0 Å². The van der Waals surface area contributed by atoms with Gasteiger partial charge in [-0.1, -0.05) is 0 Å². The lowest BCUT2D eigenvalue weighted by Crippen LogP contribution is -2.38. The number of ether oxygens (including phenoxy) is 1. The number of pyridine rings is 1. The molecule has 4 N–H and O–H groups in total. The zero-order valence-electron chi connectivity index (χ0n) is 16.2. The molecule has 0 radical (unpaired) electrons. The van der Waals surface area contributed by atoms with Crippen molar-refractivity contribution in [1.29, 1.82) is 0 Å². The van der Waals surface area contributed by atoms with E-state index in [1.54, 1.807) is 16.8 Å². The third-order valence-electron chi connectivity index (χ3n) is 5.25. The first kappa shape index (κ1) is 18.9. The van der Waals surface area contributed by atoms with E-state index in [2.05, 4.69) is 20.4 Å². The van der Waals surface area contributed by atoms with Gasteiger partial charge >= 0.3 is 0 Å². The van der Waals surface area contributed by atoms with Crippen molar-refractivity contribution < 1.29 is 14.6 Å². The fourth-order valence-electron chi connectivity index (χ4n) is 3.77. The van der Waals surface area contributed by atoms with Gasteiger partial charge in [-0.05, 0) is 31.4 Å². The number of primary amides is 1. The molecule has 0 saturated heterocycles. The molecule has 1 aliphatic carbocycles. The minimum Gasteiger partial charge on any atom is -0.480 e. The SMILES string of the molecule is COc1ncccc1Nc1cc(N(C)[C@@H]2CCC[C@H]2O)n2ncc(C(N)=O)c2n1. The zero-order valence-corrected chi connectivity index (χ0v) is 16.2. The molecule has 1 aliphatic rings.